The van der Waals surface area contributed by atoms with Crippen LogP contribution in [0.4, 0.5) is 0 Å². The minimum absolute atomic E-state index is 0.0258. The molecule has 0 radical (unpaired) electrons. The summed E-state index contributed by atoms with van der Waals surface area (Å²) < 4.78 is 4.81. The largest absolute Gasteiger partial charge is 0.362 e. The molecule has 1 N–H and O–H groups in total. The third kappa shape index (κ3) is 2.78. The molecule has 0 aromatic rings. The Morgan fingerprint density at radius 3 is 2.50 bits per heavy atom. The first kappa shape index (κ1) is 11.1. The van der Waals surface area contributed by atoms with Crippen molar-refractivity contribution in [2.45, 2.75) is 6.92 Å². The number of nitrogens with one attached hydrogen (secondary N) is 1. The molecule has 14 heavy (non-hydrogen) atoms. The molecule has 1 unspecified atom stereocenters. The smallest absolute Gasteiger partial charge is 0.255 e. The molecule has 0 bridgehead atoms. The van der Waals surface area contributed by atoms with Crippen LogP contribution in [0.3, 0.4) is 0 Å². The van der Waals surface area contributed by atoms with E-state index in [2.05, 4.69) is 5.32 Å². The van der Waals surface area contributed by atoms with Gasteiger partial charge in [-0.25, -0.2) is 0 Å². The van der Waals surface area contributed by atoms with Gasteiger partial charge in [-0.05, 0) is 19.5 Å². The monoisotopic (exact) mass is 200 g/mol. The molecule has 0 spiro atoms. The fourth-order valence-electron chi connectivity index (χ4n) is 1.45. The lowest BCUT2D eigenvalue weighted by Gasteiger charge is -2.27. The van der Waals surface area contributed by atoms with E-state index < -0.39 is 0 Å². The molecular weight excluding hydrogens is 184 g/mol. The van der Waals surface area contributed by atoms with Crippen LogP contribution in [0, 0.1) is 5.92 Å². The first-order chi connectivity index (χ1) is 6.65. The number of amides is 2. The van der Waals surface area contributed by atoms with Gasteiger partial charge in [0.2, 0.25) is 0 Å². The molecule has 2 amide bonds. The van der Waals surface area contributed by atoms with E-state index in [9.17, 15) is 9.59 Å². The maximum atomic E-state index is 11.3. The van der Waals surface area contributed by atoms with E-state index in [0.717, 1.165) is 6.54 Å². The normalized spacial score (nSPS) is 20.0. The molecule has 1 fully saturated rings. The second kappa shape index (κ2) is 5.07. The summed E-state index contributed by atoms with van der Waals surface area (Å²) in [7, 11) is 1.85. The molecule has 1 heterocycles. The van der Waals surface area contributed by atoms with Crippen molar-refractivity contribution in [3.05, 3.63) is 0 Å². The van der Waals surface area contributed by atoms with E-state index in [4.69, 9.17) is 4.74 Å². The average Bonchev–Trinajstić information content (AvgIpc) is 2.12. The van der Waals surface area contributed by atoms with Gasteiger partial charge in [-0.1, -0.05) is 6.92 Å². The maximum absolute atomic E-state index is 11.3. The van der Waals surface area contributed by atoms with E-state index in [0.29, 0.717) is 6.54 Å². The summed E-state index contributed by atoms with van der Waals surface area (Å²) in [5.74, 6) is -0.195. The molecule has 1 aliphatic rings. The summed E-state index contributed by atoms with van der Waals surface area (Å²) in [6.45, 7) is 3.31. The molecule has 0 saturated carbocycles. The third-order valence-corrected chi connectivity index (χ3v) is 2.10. The Morgan fingerprint density at radius 2 is 2.00 bits per heavy atom. The number of nitrogens with zero attached hydrogens (tertiary/aromatic N) is 1. The van der Waals surface area contributed by atoms with Crippen molar-refractivity contribution in [3.63, 3.8) is 0 Å². The highest BCUT2D eigenvalue weighted by atomic mass is 16.5. The van der Waals surface area contributed by atoms with Crippen LogP contribution in [0.25, 0.3) is 0 Å². The number of carbonyl (C=O) groups excluding carboxylic acids is 2. The minimum atomic E-state index is -0.232. The van der Waals surface area contributed by atoms with Crippen molar-refractivity contribution in [1.82, 2.24) is 10.2 Å². The number of carbonyl (C=O) groups is 2. The Hall–Kier alpha value is -0.940. The summed E-state index contributed by atoms with van der Waals surface area (Å²) in [5, 5.41) is 3.01. The molecule has 1 rings (SSSR count). The lowest BCUT2D eigenvalue weighted by molar-refractivity contribution is -0.159. The van der Waals surface area contributed by atoms with Crippen molar-refractivity contribution in [2.75, 3.05) is 33.4 Å². The van der Waals surface area contributed by atoms with Crippen LogP contribution in [-0.2, 0) is 14.3 Å². The highest BCUT2D eigenvalue weighted by Gasteiger charge is 2.27. The van der Waals surface area contributed by atoms with E-state index in [1.54, 1.807) is 0 Å². The van der Waals surface area contributed by atoms with Crippen molar-refractivity contribution in [1.29, 1.82) is 0 Å². The summed E-state index contributed by atoms with van der Waals surface area (Å²) in [6.07, 6.45) is 0. The van der Waals surface area contributed by atoms with Gasteiger partial charge in [0.05, 0.1) is 0 Å². The van der Waals surface area contributed by atoms with E-state index in [1.807, 2.05) is 14.0 Å². The number of rotatable bonds is 4. The van der Waals surface area contributed by atoms with Gasteiger partial charge in [0.15, 0.2) is 0 Å². The molecular formula is C9H16N2O3. The van der Waals surface area contributed by atoms with Crippen LogP contribution in [-0.4, -0.2) is 50.1 Å². The SMILES string of the molecule is CNCC(C)CN1C(=O)COCC1=O. The summed E-state index contributed by atoms with van der Waals surface area (Å²) in [4.78, 5) is 23.9. The van der Waals surface area contributed by atoms with E-state index >= 15 is 0 Å². The number of morpholine rings is 1. The molecule has 1 saturated heterocycles. The van der Waals surface area contributed by atoms with Crippen molar-refractivity contribution >= 4 is 11.8 Å². The van der Waals surface area contributed by atoms with Crippen LogP contribution in [0.15, 0.2) is 0 Å². The Kier molecular flexibility index (Phi) is 4.03. The molecule has 0 aromatic heterocycles. The number of hydrogen-bond acceptors (Lipinski definition) is 4. The molecule has 1 atom stereocenters. The van der Waals surface area contributed by atoms with Crippen LogP contribution >= 0.6 is 0 Å². The van der Waals surface area contributed by atoms with E-state index in [-0.39, 0.29) is 30.9 Å². The van der Waals surface area contributed by atoms with Crippen LogP contribution in [0.1, 0.15) is 6.92 Å². The van der Waals surface area contributed by atoms with E-state index in [1.165, 1.54) is 4.90 Å². The Bertz CT molecular complexity index is 214. The minimum Gasteiger partial charge on any atom is -0.362 e. The first-order valence-corrected chi connectivity index (χ1v) is 4.70. The number of hydrogen-bond donors (Lipinski definition) is 1. The predicted molar refractivity (Wildman–Crippen MR) is 50.6 cm³/mol. The maximum Gasteiger partial charge on any atom is 0.255 e. The highest BCUT2D eigenvalue weighted by molar-refractivity contribution is 5.98. The second-order valence-electron chi connectivity index (χ2n) is 3.55. The zero-order valence-corrected chi connectivity index (χ0v) is 8.58. The fourth-order valence-corrected chi connectivity index (χ4v) is 1.45. The fraction of sp³-hybridized carbons (Fsp3) is 0.778. The number of ether oxygens (including phenoxy) is 1. The van der Waals surface area contributed by atoms with Gasteiger partial charge in [0.1, 0.15) is 13.2 Å². The van der Waals surface area contributed by atoms with Crippen molar-refractivity contribution in [2.24, 2.45) is 5.92 Å². The molecule has 5 nitrogen and oxygen atoms in total. The molecule has 5 heteroatoms. The van der Waals surface area contributed by atoms with Gasteiger partial charge < -0.3 is 10.1 Å². The van der Waals surface area contributed by atoms with Crippen molar-refractivity contribution in [3.8, 4) is 0 Å². The Balaban J connectivity index is 2.47. The first-order valence-electron chi connectivity index (χ1n) is 4.70. The Labute approximate surface area is 83.4 Å². The topological polar surface area (TPSA) is 58.6 Å². The van der Waals surface area contributed by atoms with Crippen LogP contribution in [0.2, 0.25) is 0 Å². The van der Waals surface area contributed by atoms with Gasteiger partial charge in [0, 0.05) is 6.54 Å². The Morgan fingerprint density at radius 1 is 1.43 bits per heavy atom. The lowest BCUT2D eigenvalue weighted by atomic mass is 10.1. The summed E-state index contributed by atoms with van der Waals surface area (Å²) in [5.41, 5.74) is 0. The summed E-state index contributed by atoms with van der Waals surface area (Å²) in [6, 6.07) is 0. The lowest BCUT2D eigenvalue weighted by Crippen LogP contribution is -2.48. The summed E-state index contributed by atoms with van der Waals surface area (Å²) >= 11 is 0. The molecule has 0 aliphatic carbocycles. The highest BCUT2D eigenvalue weighted by Crippen LogP contribution is 2.05. The van der Waals surface area contributed by atoms with Gasteiger partial charge in [-0.2, -0.15) is 0 Å². The van der Waals surface area contributed by atoms with Gasteiger partial charge >= 0.3 is 0 Å². The average molecular weight is 200 g/mol. The third-order valence-electron chi connectivity index (χ3n) is 2.10. The zero-order valence-electron chi connectivity index (χ0n) is 8.58. The number of imide groups is 1. The van der Waals surface area contributed by atoms with Gasteiger partial charge in [0.25, 0.3) is 11.8 Å². The predicted octanol–water partition coefficient (Wildman–Crippen LogP) is -0.773. The zero-order chi connectivity index (χ0) is 10.6. The van der Waals surface area contributed by atoms with Crippen LogP contribution in [0.5, 0.6) is 0 Å². The van der Waals surface area contributed by atoms with Crippen LogP contribution < -0.4 is 5.32 Å². The second-order valence-corrected chi connectivity index (χ2v) is 3.55. The van der Waals surface area contributed by atoms with Crippen molar-refractivity contribution < 1.29 is 14.3 Å². The molecule has 1 aliphatic heterocycles. The standard InChI is InChI=1S/C9H16N2O3/c1-7(3-10-2)4-11-8(12)5-14-6-9(11)13/h7,10H,3-6H2,1-2H3. The quantitative estimate of drug-likeness (QED) is 0.605. The molecule has 80 valence electrons. The molecule has 0 aromatic carbocycles. The van der Waals surface area contributed by atoms with Gasteiger partial charge in [-0.15, -0.1) is 0 Å². The van der Waals surface area contributed by atoms with Gasteiger partial charge in [-0.3, -0.25) is 14.5 Å².